The van der Waals surface area contributed by atoms with Crippen LogP contribution in [0.15, 0.2) is 49.1 Å². The molecule has 0 amide bonds. The quantitative estimate of drug-likeness (QED) is 0.199. The maximum Gasteiger partial charge on any atom is 0.137 e. The minimum Gasteiger partial charge on any atom is -0.395 e. The molecule has 6 rings (SSSR count). The van der Waals surface area contributed by atoms with Crippen LogP contribution in [0, 0.1) is 5.92 Å². The van der Waals surface area contributed by atoms with Crippen molar-refractivity contribution in [3.8, 4) is 11.3 Å². The summed E-state index contributed by atoms with van der Waals surface area (Å²) in [6, 6.07) is 8.16. The van der Waals surface area contributed by atoms with E-state index in [4.69, 9.17) is 4.98 Å². The van der Waals surface area contributed by atoms with Crippen LogP contribution in [0.5, 0.6) is 0 Å². The van der Waals surface area contributed by atoms with E-state index < -0.39 is 0 Å². The number of aromatic amines is 1. The molecule has 5 aromatic rings. The normalized spacial score (nSPS) is 13.9. The molecule has 0 spiro atoms. The van der Waals surface area contributed by atoms with Gasteiger partial charge in [-0.2, -0.15) is 5.10 Å². The Bertz CT molecular complexity index is 1510. The maximum absolute atomic E-state index is 9.48. The molecule has 0 bridgehead atoms. The van der Waals surface area contributed by atoms with Crippen LogP contribution in [0.4, 0.5) is 5.69 Å². The number of aromatic nitrogens is 7. The van der Waals surface area contributed by atoms with Gasteiger partial charge in [0.25, 0.3) is 0 Å². The molecule has 1 fully saturated rings. The van der Waals surface area contributed by atoms with Crippen LogP contribution in [0.2, 0.25) is 0 Å². The number of rotatable bonds is 12. The highest BCUT2D eigenvalue weighted by Crippen LogP contribution is 2.31. The standard InChI is InChI=1S/C27H33N9O2/c37-8-6-34(7-9-38)22-10-23(24-14-29-31-25(24)11-22)26-18-36(33-32-26)17-21-16-35-15-20(4-5-27(35)30-21)13-28-12-19-2-1-3-19/h4-5,10-11,14-16,18-19,28,37-38H,1-3,6-9,12-13,17H2,(H,29,31). The molecule has 198 valence electrons. The molecule has 1 aromatic carbocycles. The van der Waals surface area contributed by atoms with Gasteiger partial charge in [0.2, 0.25) is 0 Å². The summed E-state index contributed by atoms with van der Waals surface area (Å²) in [7, 11) is 0. The molecule has 0 aliphatic heterocycles. The van der Waals surface area contributed by atoms with Crippen molar-refractivity contribution in [3.63, 3.8) is 0 Å². The number of anilines is 1. The molecule has 0 unspecified atom stereocenters. The molecular formula is C27H33N9O2. The third-order valence-corrected chi connectivity index (χ3v) is 7.34. The van der Waals surface area contributed by atoms with Crippen molar-refractivity contribution in [2.45, 2.75) is 32.4 Å². The number of pyridine rings is 1. The van der Waals surface area contributed by atoms with Crippen molar-refractivity contribution in [1.29, 1.82) is 0 Å². The van der Waals surface area contributed by atoms with E-state index in [0.29, 0.717) is 19.6 Å². The second-order valence-corrected chi connectivity index (χ2v) is 10.0. The van der Waals surface area contributed by atoms with Crippen molar-refractivity contribution in [2.24, 2.45) is 5.92 Å². The van der Waals surface area contributed by atoms with Crippen molar-refractivity contribution >= 4 is 22.2 Å². The Labute approximate surface area is 220 Å². The highest BCUT2D eigenvalue weighted by atomic mass is 16.3. The number of aliphatic hydroxyl groups excluding tert-OH is 2. The van der Waals surface area contributed by atoms with Crippen LogP contribution in [0.3, 0.4) is 0 Å². The predicted molar refractivity (Wildman–Crippen MR) is 145 cm³/mol. The Morgan fingerprint density at radius 3 is 2.74 bits per heavy atom. The van der Waals surface area contributed by atoms with Crippen molar-refractivity contribution in [2.75, 3.05) is 37.7 Å². The fourth-order valence-corrected chi connectivity index (χ4v) is 5.10. The Kier molecular flexibility index (Phi) is 7.04. The Hall–Kier alpha value is -3.80. The Morgan fingerprint density at radius 1 is 1.08 bits per heavy atom. The van der Waals surface area contributed by atoms with E-state index in [9.17, 15) is 10.2 Å². The molecular weight excluding hydrogens is 482 g/mol. The number of aliphatic hydroxyl groups is 2. The molecule has 1 saturated carbocycles. The predicted octanol–water partition coefficient (Wildman–Crippen LogP) is 2.20. The molecule has 38 heavy (non-hydrogen) atoms. The van der Waals surface area contributed by atoms with E-state index >= 15 is 0 Å². The molecule has 4 aromatic heterocycles. The lowest BCUT2D eigenvalue weighted by atomic mass is 9.85. The zero-order valence-electron chi connectivity index (χ0n) is 21.3. The summed E-state index contributed by atoms with van der Waals surface area (Å²) in [5, 5.41) is 39.5. The van der Waals surface area contributed by atoms with Crippen LogP contribution in [-0.2, 0) is 13.1 Å². The summed E-state index contributed by atoms with van der Waals surface area (Å²) in [5.74, 6) is 0.846. The van der Waals surface area contributed by atoms with Gasteiger partial charge in [-0.05, 0) is 49.1 Å². The van der Waals surface area contributed by atoms with Gasteiger partial charge in [0, 0.05) is 48.7 Å². The van der Waals surface area contributed by atoms with Gasteiger partial charge in [0.15, 0.2) is 0 Å². The number of imidazole rings is 1. The first-order chi connectivity index (χ1) is 18.7. The van der Waals surface area contributed by atoms with Gasteiger partial charge in [-0.25, -0.2) is 9.67 Å². The van der Waals surface area contributed by atoms with E-state index in [1.54, 1.807) is 10.9 Å². The van der Waals surface area contributed by atoms with Gasteiger partial charge in [0.05, 0.1) is 43.4 Å². The molecule has 1 aliphatic rings. The fraction of sp³-hybridized carbons (Fsp3) is 0.407. The number of hydrogen-bond acceptors (Lipinski definition) is 8. The molecule has 0 atom stereocenters. The average molecular weight is 516 g/mol. The van der Waals surface area contributed by atoms with Gasteiger partial charge in [-0.1, -0.05) is 17.7 Å². The molecule has 0 saturated heterocycles. The van der Waals surface area contributed by atoms with E-state index in [1.807, 2.05) is 29.4 Å². The fourth-order valence-electron chi connectivity index (χ4n) is 5.10. The number of benzene rings is 1. The van der Waals surface area contributed by atoms with Gasteiger partial charge in [-0.3, -0.25) is 5.10 Å². The van der Waals surface area contributed by atoms with Crippen LogP contribution in [0.25, 0.3) is 27.8 Å². The van der Waals surface area contributed by atoms with Gasteiger partial charge < -0.3 is 24.8 Å². The zero-order valence-corrected chi connectivity index (χ0v) is 21.3. The van der Waals surface area contributed by atoms with Crippen molar-refractivity contribution in [1.82, 2.24) is 39.9 Å². The molecule has 4 heterocycles. The summed E-state index contributed by atoms with van der Waals surface area (Å²) in [4.78, 5) is 6.70. The first kappa shape index (κ1) is 24.5. The lowest BCUT2D eigenvalue weighted by Crippen LogP contribution is -2.29. The second-order valence-electron chi connectivity index (χ2n) is 10.0. The summed E-state index contributed by atoms with van der Waals surface area (Å²) in [5.41, 5.74) is 6.37. The number of hydrogen-bond donors (Lipinski definition) is 4. The number of fused-ring (bicyclic) bond motifs is 2. The van der Waals surface area contributed by atoms with Crippen LogP contribution in [0.1, 0.15) is 30.5 Å². The van der Waals surface area contributed by atoms with Crippen LogP contribution < -0.4 is 10.2 Å². The van der Waals surface area contributed by atoms with Crippen LogP contribution in [-0.4, -0.2) is 77.6 Å². The lowest BCUT2D eigenvalue weighted by molar-refractivity contribution is 0.281. The van der Waals surface area contributed by atoms with Gasteiger partial charge in [-0.15, -0.1) is 5.10 Å². The molecule has 11 heteroatoms. The zero-order chi connectivity index (χ0) is 25.9. The smallest absolute Gasteiger partial charge is 0.137 e. The topological polar surface area (TPSA) is 132 Å². The largest absolute Gasteiger partial charge is 0.395 e. The maximum atomic E-state index is 9.48. The molecule has 1 aliphatic carbocycles. The van der Waals surface area contributed by atoms with E-state index in [-0.39, 0.29) is 13.2 Å². The summed E-state index contributed by atoms with van der Waals surface area (Å²) in [6.45, 7) is 3.27. The van der Waals surface area contributed by atoms with Crippen molar-refractivity contribution < 1.29 is 10.2 Å². The van der Waals surface area contributed by atoms with Gasteiger partial charge >= 0.3 is 0 Å². The summed E-state index contributed by atoms with van der Waals surface area (Å²) >= 11 is 0. The van der Waals surface area contributed by atoms with E-state index in [1.165, 1.54) is 24.8 Å². The third kappa shape index (κ3) is 5.13. The first-order valence-corrected chi connectivity index (χ1v) is 13.2. The first-order valence-electron chi connectivity index (χ1n) is 13.2. The Morgan fingerprint density at radius 2 is 1.95 bits per heavy atom. The molecule has 11 nitrogen and oxygen atoms in total. The number of H-pyrrole nitrogens is 1. The minimum atomic E-state index is -0.00991. The lowest BCUT2D eigenvalue weighted by Gasteiger charge is -2.25. The summed E-state index contributed by atoms with van der Waals surface area (Å²) in [6.07, 6.45) is 11.9. The van der Waals surface area contributed by atoms with Crippen molar-refractivity contribution in [3.05, 3.63) is 60.3 Å². The molecule has 0 radical (unpaired) electrons. The molecule has 4 N–H and O–H groups in total. The highest BCUT2D eigenvalue weighted by Gasteiger charge is 2.17. The second kappa shape index (κ2) is 10.9. The van der Waals surface area contributed by atoms with E-state index in [0.717, 1.165) is 58.2 Å². The highest BCUT2D eigenvalue weighted by molar-refractivity contribution is 5.96. The van der Waals surface area contributed by atoms with Gasteiger partial charge in [0.1, 0.15) is 11.3 Å². The summed E-state index contributed by atoms with van der Waals surface area (Å²) < 4.78 is 3.86. The monoisotopic (exact) mass is 515 g/mol. The average Bonchev–Trinajstić information content (AvgIpc) is 3.64. The van der Waals surface area contributed by atoms with Crippen LogP contribution >= 0.6 is 0 Å². The minimum absolute atomic E-state index is 0.00991. The number of nitrogens with one attached hydrogen (secondary N) is 2. The Balaban J connectivity index is 1.20. The third-order valence-electron chi connectivity index (χ3n) is 7.34. The SMILES string of the molecule is OCCN(CCO)c1cc(-c2cn(Cc3cn4cc(CNCC5CCC5)ccc4n3)nn2)c2cn[nH]c2c1. The van der Waals surface area contributed by atoms with E-state index in [2.05, 4.69) is 48.6 Å². The number of nitrogens with zero attached hydrogens (tertiary/aromatic N) is 7.